The van der Waals surface area contributed by atoms with E-state index < -0.39 is 0 Å². The predicted molar refractivity (Wildman–Crippen MR) is 107 cm³/mol. The van der Waals surface area contributed by atoms with E-state index >= 15 is 0 Å². The Hall–Kier alpha value is -1.35. The van der Waals surface area contributed by atoms with Gasteiger partial charge in [-0.25, -0.2) is 0 Å². The first-order chi connectivity index (χ1) is 13.0. The molecule has 1 amide bonds. The first-order valence-electron chi connectivity index (χ1n) is 10.9. The highest BCUT2D eigenvalue weighted by atomic mass is 16.5. The molecule has 6 rings (SSSR count). The first-order valence-corrected chi connectivity index (χ1v) is 10.9. The third kappa shape index (κ3) is 2.85. The lowest BCUT2D eigenvalue weighted by Crippen LogP contribution is -2.60. The van der Waals surface area contributed by atoms with Crippen LogP contribution in [0, 0.1) is 24.2 Å². The fourth-order valence-electron chi connectivity index (χ4n) is 7.39. The van der Waals surface area contributed by atoms with Crippen molar-refractivity contribution in [2.45, 2.75) is 69.8 Å². The number of carbonyl (C=O) groups is 1. The van der Waals surface area contributed by atoms with Crippen LogP contribution in [0.3, 0.4) is 0 Å². The van der Waals surface area contributed by atoms with Gasteiger partial charge in [0.2, 0.25) is 5.91 Å². The number of nitrogens with zero attached hydrogens (tertiary/aromatic N) is 1. The second-order valence-electron chi connectivity index (χ2n) is 10.1. The van der Waals surface area contributed by atoms with Gasteiger partial charge in [0.05, 0.1) is 11.5 Å². The van der Waals surface area contributed by atoms with Crippen molar-refractivity contribution in [2.24, 2.45) is 17.3 Å². The van der Waals surface area contributed by atoms with Crippen LogP contribution >= 0.6 is 0 Å². The number of benzene rings is 1. The Morgan fingerprint density at radius 2 is 1.67 bits per heavy atom. The van der Waals surface area contributed by atoms with Gasteiger partial charge in [-0.3, -0.25) is 4.79 Å². The summed E-state index contributed by atoms with van der Waals surface area (Å²) in [4.78, 5) is 15.9. The van der Waals surface area contributed by atoms with Gasteiger partial charge in [-0.05, 0) is 81.1 Å². The Bertz CT molecular complexity index is 702. The van der Waals surface area contributed by atoms with E-state index in [0.29, 0.717) is 12.0 Å². The third-order valence-electron chi connectivity index (χ3n) is 8.24. The van der Waals surface area contributed by atoms with Crippen LogP contribution in [-0.4, -0.2) is 37.1 Å². The second kappa shape index (κ2) is 6.34. The summed E-state index contributed by atoms with van der Waals surface area (Å²) in [6, 6.07) is 9.23. The Kier molecular flexibility index (Phi) is 4.16. The van der Waals surface area contributed by atoms with Crippen molar-refractivity contribution in [3.05, 3.63) is 35.4 Å². The highest BCUT2D eigenvalue weighted by Gasteiger charge is 2.61. The molecule has 146 valence electrons. The topological polar surface area (TPSA) is 29.5 Å². The molecule has 4 bridgehead atoms. The lowest BCUT2D eigenvalue weighted by molar-refractivity contribution is -0.162. The minimum Gasteiger partial charge on any atom is -0.381 e. The van der Waals surface area contributed by atoms with Crippen LogP contribution in [0.4, 0.5) is 0 Å². The minimum atomic E-state index is -0.0884. The van der Waals surface area contributed by atoms with Gasteiger partial charge < -0.3 is 9.64 Å². The summed E-state index contributed by atoms with van der Waals surface area (Å²) in [5.74, 6) is 1.96. The molecule has 1 aromatic carbocycles. The molecule has 1 saturated heterocycles. The summed E-state index contributed by atoms with van der Waals surface area (Å²) >= 11 is 0. The Morgan fingerprint density at radius 3 is 2.26 bits per heavy atom. The molecular formula is C24H33NO2. The van der Waals surface area contributed by atoms with Crippen LogP contribution in [0.5, 0.6) is 0 Å². The Labute approximate surface area is 163 Å². The molecule has 0 aromatic heterocycles. The molecule has 3 heteroatoms. The molecule has 0 radical (unpaired) electrons. The van der Waals surface area contributed by atoms with E-state index in [4.69, 9.17) is 4.74 Å². The molecule has 4 saturated carbocycles. The zero-order valence-corrected chi connectivity index (χ0v) is 16.9. The Morgan fingerprint density at radius 1 is 1.04 bits per heavy atom. The fourth-order valence-corrected chi connectivity index (χ4v) is 7.39. The van der Waals surface area contributed by atoms with Crippen molar-refractivity contribution in [3.63, 3.8) is 0 Å². The number of hydrogen-bond donors (Lipinski definition) is 0. The summed E-state index contributed by atoms with van der Waals surface area (Å²) in [6.45, 7) is 3.93. The van der Waals surface area contributed by atoms with Crippen molar-refractivity contribution in [1.29, 1.82) is 0 Å². The van der Waals surface area contributed by atoms with E-state index in [1.807, 2.05) is 0 Å². The lowest BCUT2D eigenvalue weighted by Gasteiger charge is -2.62. The van der Waals surface area contributed by atoms with E-state index in [1.54, 1.807) is 7.11 Å². The zero-order chi connectivity index (χ0) is 18.6. The Balaban J connectivity index is 1.43. The molecule has 5 aliphatic rings. The number of carbonyl (C=O) groups excluding carboxylic acids is 1. The van der Waals surface area contributed by atoms with E-state index in [-0.39, 0.29) is 10.8 Å². The quantitative estimate of drug-likeness (QED) is 0.789. The number of amides is 1. The maximum Gasteiger partial charge on any atom is 0.228 e. The monoisotopic (exact) mass is 367 g/mol. The highest BCUT2D eigenvalue weighted by molar-refractivity contribution is 5.83. The van der Waals surface area contributed by atoms with Crippen molar-refractivity contribution >= 4 is 5.91 Å². The SMILES string of the molecule is COC1CCN(C(=O)C23CC4CC(C2)CC(c2ccc(C)cc2)(C4)C3)CC1. The van der Waals surface area contributed by atoms with E-state index in [1.165, 1.54) is 30.4 Å². The molecule has 1 aromatic rings. The average Bonchev–Trinajstić information content (AvgIpc) is 2.67. The fraction of sp³-hybridized carbons (Fsp3) is 0.708. The van der Waals surface area contributed by atoms with Gasteiger partial charge >= 0.3 is 0 Å². The first kappa shape index (κ1) is 17.7. The molecule has 4 aliphatic carbocycles. The van der Waals surface area contributed by atoms with Crippen LogP contribution in [-0.2, 0) is 14.9 Å². The summed E-state index contributed by atoms with van der Waals surface area (Å²) in [6.07, 6.45) is 9.64. The van der Waals surface area contributed by atoms with Crippen molar-refractivity contribution in [3.8, 4) is 0 Å². The maximum absolute atomic E-state index is 13.8. The zero-order valence-electron chi connectivity index (χ0n) is 16.9. The van der Waals surface area contributed by atoms with Gasteiger partial charge in [-0.15, -0.1) is 0 Å². The van der Waals surface area contributed by atoms with Crippen molar-refractivity contribution in [2.75, 3.05) is 20.2 Å². The van der Waals surface area contributed by atoms with Crippen molar-refractivity contribution in [1.82, 2.24) is 4.90 Å². The van der Waals surface area contributed by atoms with Gasteiger partial charge in [-0.1, -0.05) is 29.8 Å². The van der Waals surface area contributed by atoms with E-state index in [2.05, 4.69) is 36.1 Å². The van der Waals surface area contributed by atoms with Gasteiger partial charge in [0.25, 0.3) is 0 Å². The molecule has 0 N–H and O–H groups in total. The van der Waals surface area contributed by atoms with Gasteiger partial charge in [-0.2, -0.15) is 0 Å². The predicted octanol–water partition coefficient (Wildman–Crippen LogP) is 4.47. The van der Waals surface area contributed by atoms with Crippen LogP contribution in [0.2, 0.25) is 0 Å². The molecule has 0 spiro atoms. The van der Waals surface area contributed by atoms with Crippen molar-refractivity contribution < 1.29 is 9.53 Å². The van der Waals surface area contributed by atoms with E-state index in [0.717, 1.165) is 57.0 Å². The van der Waals surface area contributed by atoms with Crippen LogP contribution < -0.4 is 0 Å². The van der Waals surface area contributed by atoms with Crippen LogP contribution in [0.15, 0.2) is 24.3 Å². The van der Waals surface area contributed by atoms with Gasteiger partial charge in [0.15, 0.2) is 0 Å². The van der Waals surface area contributed by atoms with E-state index in [9.17, 15) is 4.79 Å². The number of methoxy groups -OCH3 is 1. The number of aryl methyl sites for hydroxylation is 1. The molecule has 1 aliphatic heterocycles. The molecular weight excluding hydrogens is 334 g/mol. The summed E-state index contributed by atoms with van der Waals surface area (Å²) in [5, 5.41) is 0. The maximum atomic E-state index is 13.8. The van der Waals surface area contributed by atoms with Gasteiger partial charge in [0, 0.05) is 20.2 Å². The molecule has 5 fully saturated rings. The molecule has 2 unspecified atom stereocenters. The second-order valence-corrected chi connectivity index (χ2v) is 10.1. The summed E-state index contributed by atoms with van der Waals surface area (Å²) in [7, 11) is 1.80. The van der Waals surface area contributed by atoms with Crippen LogP contribution in [0.1, 0.15) is 62.5 Å². The van der Waals surface area contributed by atoms with Crippen LogP contribution in [0.25, 0.3) is 0 Å². The number of hydrogen-bond acceptors (Lipinski definition) is 2. The summed E-state index contributed by atoms with van der Waals surface area (Å²) < 4.78 is 5.51. The molecule has 1 heterocycles. The molecule has 3 nitrogen and oxygen atoms in total. The smallest absolute Gasteiger partial charge is 0.228 e. The number of rotatable bonds is 3. The average molecular weight is 368 g/mol. The normalized spacial score (nSPS) is 38.4. The summed E-state index contributed by atoms with van der Waals surface area (Å²) in [5.41, 5.74) is 2.99. The molecule has 2 atom stereocenters. The van der Waals surface area contributed by atoms with Gasteiger partial charge in [0.1, 0.15) is 0 Å². The molecule has 27 heavy (non-hydrogen) atoms. The largest absolute Gasteiger partial charge is 0.381 e. The standard InChI is InChI=1S/C24H33NO2/c1-17-3-5-20(6-4-17)23-12-18-11-19(13-23)15-24(14-18,16-23)22(26)25-9-7-21(27-2)8-10-25/h3-6,18-19,21H,7-16H2,1-2H3. The minimum absolute atomic E-state index is 0.0884. The highest BCUT2D eigenvalue weighted by Crippen LogP contribution is 2.66. The number of piperidine rings is 1. The lowest BCUT2D eigenvalue weighted by atomic mass is 9.42. The number of likely N-dealkylation sites (tertiary alicyclic amines) is 1. The third-order valence-corrected chi connectivity index (χ3v) is 8.24. The number of ether oxygens (including phenoxy) is 1.